The van der Waals surface area contributed by atoms with Crippen molar-refractivity contribution in [1.29, 1.82) is 0 Å². The van der Waals surface area contributed by atoms with Crippen LogP contribution in [0.3, 0.4) is 0 Å². The highest BCUT2D eigenvalue weighted by molar-refractivity contribution is 6.09. The monoisotopic (exact) mass is 300 g/mol. The summed E-state index contributed by atoms with van der Waals surface area (Å²) in [6, 6.07) is 5.74. The summed E-state index contributed by atoms with van der Waals surface area (Å²) in [5.41, 5.74) is 2.13. The summed E-state index contributed by atoms with van der Waals surface area (Å²) in [4.78, 5) is 25.0. The van der Waals surface area contributed by atoms with Crippen molar-refractivity contribution in [2.24, 2.45) is 0 Å². The van der Waals surface area contributed by atoms with Crippen molar-refractivity contribution in [3.8, 4) is 0 Å². The quantitative estimate of drug-likeness (QED) is 0.908. The van der Waals surface area contributed by atoms with Crippen LogP contribution in [0.5, 0.6) is 0 Å². The van der Waals surface area contributed by atoms with Gasteiger partial charge in [-0.1, -0.05) is 12.1 Å². The standard InChI is InChI=1S/C15H16N4O3/c1-9-3-2-4-11-13(9)19(10-7-22-8-10)17-14(11)18-6-5-12(20)16-15(18)21/h2-4,10H,5-8H2,1H3,(H,16,20,21). The van der Waals surface area contributed by atoms with Crippen molar-refractivity contribution >= 4 is 28.7 Å². The summed E-state index contributed by atoms with van der Waals surface area (Å²) in [6.45, 7) is 3.65. The number of para-hydroxylation sites is 1. The molecule has 3 amide bonds. The summed E-state index contributed by atoms with van der Waals surface area (Å²) >= 11 is 0. The molecular formula is C15H16N4O3. The van der Waals surface area contributed by atoms with Crippen molar-refractivity contribution in [3.63, 3.8) is 0 Å². The number of hydrogen-bond acceptors (Lipinski definition) is 4. The van der Waals surface area contributed by atoms with Gasteiger partial charge in [0, 0.05) is 18.4 Å². The molecule has 0 atom stereocenters. The topological polar surface area (TPSA) is 76.5 Å². The Morgan fingerprint density at radius 2 is 2.14 bits per heavy atom. The van der Waals surface area contributed by atoms with E-state index in [1.54, 1.807) is 4.90 Å². The van der Waals surface area contributed by atoms with E-state index in [4.69, 9.17) is 4.74 Å². The van der Waals surface area contributed by atoms with E-state index in [1.807, 2.05) is 29.8 Å². The number of nitrogens with one attached hydrogen (secondary N) is 1. The Kier molecular flexibility index (Phi) is 2.90. The third-order valence-electron chi connectivity index (χ3n) is 4.19. The normalized spacial score (nSPS) is 19.4. The molecular weight excluding hydrogens is 284 g/mol. The molecule has 0 spiro atoms. The number of imide groups is 1. The molecule has 4 rings (SSSR count). The van der Waals surface area contributed by atoms with Crippen LogP contribution in [0.25, 0.3) is 10.9 Å². The fourth-order valence-electron chi connectivity index (χ4n) is 2.94. The number of ether oxygens (including phenoxy) is 1. The molecule has 114 valence electrons. The van der Waals surface area contributed by atoms with Crippen LogP contribution in [0.2, 0.25) is 0 Å². The largest absolute Gasteiger partial charge is 0.377 e. The number of nitrogens with zero attached hydrogens (tertiary/aromatic N) is 3. The number of fused-ring (bicyclic) bond motifs is 1. The van der Waals surface area contributed by atoms with E-state index in [-0.39, 0.29) is 11.9 Å². The Hall–Kier alpha value is -2.41. The maximum absolute atomic E-state index is 12.1. The van der Waals surface area contributed by atoms with Crippen LogP contribution in [-0.4, -0.2) is 41.5 Å². The maximum Gasteiger partial charge on any atom is 0.329 e. The van der Waals surface area contributed by atoms with Crippen molar-refractivity contribution in [2.45, 2.75) is 19.4 Å². The van der Waals surface area contributed by atoms with Gasteiger partial charge in [-0.05, 0) is 18.6 Å². The van der Waals surface area contributed by atoms with E-state index in [0.29, 0.717) is 32.0 Å². The van der Waals surface area contributed by atoms with E-state index in [9.17, 15) is 9.59 Å². The van der Waals surface area contributed by atoms with Gasteiger partial charge in [0.1, 0.15) is 0 Å². The van der Waals surface area contributed by atoms with Crippen LogP contribution in [0, 0.1) is 6.92 Å². The minimum absolute atomic E-state index is 0.201. The number of benzene rings is 1. The Balaban J connectivity index is 1.85. The fourth-order valence-corrected chi connectivity index (χ4v) is 2.94. The SMILES string of the molecule is Cc1cccc2c(N3CCC(=O)NC3=O)nn(C3COC3)c12. The van der Waals surface area contributed by atoms with Crippen LogP contribution >= 0.6 is 0 Å². The van der Waals surface area contributed by atoms with Gasteiger partial charge in [-0.3, -0.25) is 19.7 Å². The molecule has 1 aromatic heterocycles. The molecule has 1 N–H and O–H groups in total. The highest BCUT2D eigenvalue weighted by atomic mass is 16.5. The molecule has 7 heteroatoms. The lowest BCUT2D eigenvalue weighted by Gasteiger charge is -2.27. The van der Waals surface area contributed by atoms with Gasteiger partial charge in [-0.15, -0.1) is 0 Å². The van der Waals surface area contributed by atoms with Gasteiger partial charge in [0.25, 0.3) is 0 Å². The van der Waals surface area contributed by atoms with Crippen LogP contribution in [0.1, 0.15) is 18.0 Å². The van der Waals surface area contributed by atoms with Gasteiger partial charge >= 0.3 is 6.03 Å². The molecule has 0 radical (unpaired) electrons. The van der Waals surface area contributed by atoms with Crippen molar-refractivity contribution in [1.82, 2.24) is 15.1 Å². The summed E-state index contributed by atoms with van der Waals surface area (Å²) in [5, 5.41) is 7.94. The zero-order valence-corrected chi connectivity index (χ0v) is 12.2. The summed E-state index contributed by atoms with van der Waals surface area (Å²) in [6.07, 6.45) is 0.290. The van der Waals surface area contributed by atoms with Crippen molar-refractivity contribution in [2.75, 3.05) is 24.7 Å². The first-order valence-electron chi connectivity index (χ1n) is 7.32. The van der Waals surface area contributed by atoms with Crippen LogP contribution in [-0.2, 0) is 9.53 Å². The van der Waals surface area contributed by atoms with E-state index >= 15 is 0 Å². The predicted octanol–water partition coefficient (Wildman–Crippen LogP) is 1.36. The molecule has 2 fully saturated rings. The van der Waals surface area contributed by atoms with Gasteiger partial charge in [0.05, 0.1) is 24.8 Å². The van der Waals surface area contributed by atoms with E-state index in [0.717, 1.165) is 16.5 Å². The first-order valence-corrected chi connectivity index (χ1v) is 7.32. The maximum atomic E-state index is 12.1. The molecule has 1 aromatic carbocycles. The number of aryl methyl sites for hydroxylation is 1. The highest BCUT2D eigenvalue weighted by Crippen LogP contribution is 2.33. The molecule has 0 aliphatic carbocycles. The van der Waals surface area contributed by atoms with Gasteiger partial charge in [0.15, 0.2) is 5.82 Å². The Labute approximate surface area is 126 Å². The van der Waals surface area contributed by atoms with Gasteiger partial charge in [-0.2, -0.15) is 5.10 Å². The number of amides is 3. The molecule has 0 saturated carbocycles. The number of carbonyl (C=O) groups is 2. The second-order valence-corrected chi connectivity index (χ2v) is 5.69. The molecule has 2 aliphatic rings. The van der Waals surface area contributed by atoms with Crippen molar-refractivity contribution in [3.05, 3.63) is 23.8 Å². The average molecular weight is 300 g/mol. The number of carbonyl (C=O) groups excluding carboxylic acids is 2. The summed E-state index contributed by atoms with van der Waals surface area (Å²) in [5.74, 6) is 0.365. The molecule has 22 heavy (non-hydrogen) atoms. The third kappa shape index (κ3) is 1.89. The first kappa shape index (κ1) is 13.3. The second kappa shape index (κ2) is 4.81. The summed E-state index contributed by atoms with van der Waals surface area (Å²) in [7, 11) is 0. The van der Waals surface area contributed by atoms with Gasteiger partial charge in [0.2, 0.25) is 5.91 Å². The van der Waals surface area contributed by atoms with Crippen LogP contribution < -0.4 is 10.2 Å². The molecule has 2 aromatic rings. The zero-order chi connectivity index (χ0) is 15.3. The van der Waals surface area contributed by atoms with E-state index in [2.05, 4.69) is 10.4 Å². The first-order chi connectivity index (χ1) is 10.6. The molecule has 2 saturated heterocycles. The molecule has 3 heterocycles. The van der Waals surface area contributed by atoms with Crippen molar-refractivity contribution < 1.29 is 14.3 Å². The smallest absolute Gasteiger partial charge is 0.329 e. The average Bonchev–Trinajstić information content (AvgIpc) is 2.78. The lowest BCUT2D eigenvalue weighted by Crippen LogP contribution is -2.49. The highest BCUT2D eigenvalue weighted by Gasteiger charge is 2.31. The number of anilines is 1. The Bertz CT molecular complexity index is 778. The third-order valence-corrected chi connectivity index (χ3v) is 4.19. The lowest BCUT2D eigenvalue weighted by atomic mass is 10.1. The minimum atomic E-state index is -0.408. The van der Waals surface area contributed by atoms with Crippen LogP contribution in [0.15, 0.2) is 18.2 Å². The Morgan fingerprint density at radius 1 is 1.32 bits per heavy atom. The van der Waals surface area contributed by atoms with Crippen LogP contribution in [0.4, 0.5) is 10.6 Å². The molecule has 0 bridgehead atoms. The predicted molar refractivity (Wildman–Crippen MR) is 79.8 cm³/mol. The van der Waals surface area contributed by atoms with E-state index in [1.165, 1.54) is 0 Å². The lowest BCUT2D eigenvalue weighted by molar-refractivity contribution is -0.120. The zero-order valence-electron chi connectivity index (χ0n) is 12.2. The number of aromatic nitrogens is 2. The fraction of sp³-hybridized carbons (Fsp3) is 0.400. The minimum Gasteiger partial charge on any atom is -0.377 e. The second-order valence-electron chi connectivity index (χ2n) is 5.69. The number of hydrogen-bond donors (Lipinski definition) is 1. The molecule has 7 nitrogen and oxygen atoms in total. The molecule has 2 aliphatic heterocycles. The summed E-state index contributed by atoms with van der Waals surface area (Å²) < 4.78 is 7.22. The van der Waals surface area contributed by atoms with E-state index < -0.39 is 6.03 Å². The van der Waals surface area contributed by atoms with Gasteiger partial charge in [-0.25, -0.2) is 4.79 Å². The van der Waals surface area contributed by atoms with Gasteiger partial charge < -0.3 is 4.74 Å². The molecule has 0 unspecified atom stereocenters. The number of urea groups is 1. The Morgan fingerprint density at radius 3 is 2.82 bits per heavy atom. The number of rotatable bonds is 2.